The smallest absolute Gasteiger partial charge is 0.258 e. The Morgan fingerprint density at radius 2 is 2.20 bits per heavy atom. The van der Waals surface area contributed by atoms with Crippen molar-refractivity contribution in [2.45, 2.75) is 6.92 Å². The fraction of sp³-hybridized carbons (Fsp3) is 0.231. The summed E-state index contributed by atoms with van der Waals surface area (Å²) in [5, 5.41) is 6.91. The van der Waals surface area contributed by atoms with E-state index < -0.39 is 0 Å². The molecule has 2 rings (SSSR count). The molecule has 1 aromatic heterocycles. The number of anilines is 2. The summed E-state index contributed by atoms with van der Waals surface area (Å²) in [7, 11) is 3.27. The van der Waals surface area contributed by atoms with Gasteiger partial charge < -0.3 is 15.8 Å². The summed E-state index contributed by atoms with van der Waals surface area (Å²) in [6.45, 7) is 1.78. The van der Waals surface area contributed by atoms with Crippen molar-refractivity contribution in [2.75, 3.05) is 18.2 Å². The van der Waals surface area contributed by atoms with Crippen LogP contribution in [0.2, 0.25) is 0 Å². The number of nitrogens with zero attached hydrogens (tertiary/aromatic N) is 2. The van der Waals surface area contributed by atoms with E-state index in [0.717, 1.165) is 0 Å². The maximum absolute atomic E-state index is 12.3. The van der Waals surface area contributed by atoms with Gasteiger partial charge in [0.15, 0.2) is 5.82 Å². The number of ether oxygens (including phenoxy) is 1. The van der Waals surface area contributed by atoms with Gasteiger partial charge in [0.05, 0.1) is 24.1 Å². The highest BCUT2D eigenvalue weighted by molar-refractivity contribution is 9.10. The summed E-state index contributed by atoms with van der Waals surface area (Å²) in [4.78, 5) is 12.3. The molecule has 3 N–H and O–H groups in total. The van der Waals surface area contributed by atoms with Crippen LogP contribution < -0.4 is 15.8 Å². The molecule has 0 unspecified atom stereocenters. The van der Waals surface area contributed by atoms with Crippen LogP contribution in [-0.2, 0) is 7.05 Å². The number of nitrogens with two attached hydrogens (primary N) is 1. The molecular formula is C13H15BrN4O2. The molecule has 2 aromatic rings. The Balaban J connectivity index is 2.33. The summed E-state index contributed by atoms with van der Waals surface area (Å²) in [5.41, 5.74) is 7.48. The van der Waals surface area contributed by atoms with Gasteiger partial charge in [0.2, 0.25) is 0 Å². The zero-order chi connectivity index (χ0) is 14.9. The van der Waals surface area contributed by atoms with Gasteiger partial charge in [-0.2, -0.15) is 5.10 Å². The highest BCUT2D eigenvalue weighted by Gasteiger charge is 2.16. The first-order chi connectivity index (χ1) is 9.43. The first-order valence-electron chi connectivity index (χ1n) is 5.88. The first kappa shape index (κ1) is 14.4. The molecule has 0 bridgehead atoms. The van der Waals surface area contributed by atoms with Crippen molar-refractivity contribution < 1.29 is 9.53 Å². The molecule has 1 amide bonds. The van der Waals surface area contributed by atoms with Crippen molar-refractivity contribution in [3.05, 3.63) is 33.9 Å². The van der Waals surface area contributed by atoms with Gasteiger partial charge in [-0.3, -0.25) is 9.48 Å². The minimum absolute atomic E-state index is 0.287. The van der Waals surface area contributed by atoms with E-state index in [1.54, 1.807) is 39.3 Å². The highest BCUT2D eigenvalue weighted by Crippen LogP contribution is 2.26. The third kappa shape index (κ3) is 2.62. The molecule has 1 aromatic carbocycles. The third-order valence-electron chi connectivity index (χ3n) is 2.92. The zero-order valence-electron chi connectivity index (χ0n) is 11.4. The van der Waals surface area contributed by atoms with Crippen LogP contribution in [0, 0.1) is 6.92 Å². The van der Waals surface area contributed by atoms with E-state index in [1.807, 2.05) is 0 Å². The number of nitrogens with one attached hydrogen (secondary N) is 1. The Hall–Kier alpha value is -2.02. The fourth-order valence-corrected chi connectivity index (χ4v) is 2.23. The lowest BCUT2D eigenvalue weighted by atomic mass is 10.2. The number of aromatic nitrogens is 2. The molecule has 20 heavy (non-hydrogen) atoms. The van der Waals surface area contributed by atoms with Crippen molar-refractivity contribution in [1.82, 2.24) is 9.78 Å². The number of hydrogen-bond donors (Lipinski definition) is 2. The van der Waals surface area contributed by atoms with Crippen molar-refractivity contribution in [3.63, 3.8) is 0 Å². The standard InChI is InChI=1S/C13H15BrN4O2/c1-7-11(15)12(18(2)17-7)16-13(19)9-6-8(20-3)4-5-10(9)14/h4-6H,15H2,1-3H3,(H,16,19). The number of halogens is 1. The van der Waals surface area contributed by atoms with Gasteiger partial charge in [-0.25, -0.2) is 0 Å². The molecule has 0 atom stereocenters. The van der Waals surface area contributed by atoms with Crippen LogP contribution in [0.5, 0.6) is 5.75 Å². The zero-order valence-corrected chi connectivity index (χ0v) is 13.0. The van der Waals surface area contributed by atoms with Crippen LogP contribution >= 0.6 is 15.9 Å². The average Bonchev–Trinajstić information content (AvgIpc) is 2.66. The number of rotatable bonds is 3. The Morgan fingerprint density at radius 3 is 2.75 bits per heavy atom. The number of methoxy groups -OCH3 is 1. The molecule has 106 valence electrons. The average molecular weight is 339 g/mol. The third-order valence-corrected chi connectivity index (χ3v) is 3.61. The second kappa shape index (κ2) is 5.54. The van der Waals surface area contributed by atoms with Gasteiger partial charge in [0.25, 0.3) is 5.91 Å². The molecule has 0 aliphatic heterocycles. The molecule has 1 heterocycles. The van der Waals surface area contributed by atoms with Gasteiger partial charge >= 0.3 is 0 Å². The molecule has 0 saturated heterocycles. The minimum atomic E-state index is -0.287. The molecule has 0 fully saturated rings. The van der Waals surface area contributed by atoms with E-state index in [0.29, 0.717) is 33.0 Å². The number of aryl methyl sites for hydroxylation is 2. The van der Waals surface area contributed by atoms with Gasteiger partial charge in [-0.05, 0) is 41.1 Å². The maximum Gasteiger partial charge on any atom is 0.258 e. The topological polar surface area (TPSA) is 82.2 Å². The van der Waals surface area contributed by atoms with E-state index >= 15 is 0 Å². The fourth-order valence-electron chi connectivity index (χ4n) is 1.80. The van der Waals surface area contributed by atoms with E-state index in [9.17, 15) is 4.79 Å². The molecule has 0 spiro atoms. The van der Waals surface area contributed by atoms with E-state index in [1.165, 1.54) is 4.68 Å². The van der Waals surface area contributed by atoms with E-state index in [-0.39, 0.29) is 5.91 Å². The predicted molar refractivity (Wildman–Crippen MR) is 81.0 cm³/mol. The van der Waals surface area contributed by atoms with E-state index in [2.05, 4.69) is 26.3 Å². The van der Waals surface area contributed by atoms with Crippen LogP contribution in [0.15, 0.2) is 22.7 Å². The molecule has 0 radical (unpaired) electrons. The van der Waals surface area contributed by atoms with Crippen LogP contribution in [0.25, 0.3) is 0 Å². The van der Waals surface area contributed by atoms with Crippen LogP contribution in [0.1, 0.15) is 16.1 Å². The van der Waals surface area contributed by atoms with Crippen LogP contribution in [0.4, 0.5) is 11.5 Å². The van der Waals surface area contributed by atoms with Crippen LogP contribution in [-0.4, -0.2) is 22.8 Å². The molecule has 7 heteroatoms. The van der Waals surface area contributed by atoms with Gasteiger partial charge in [-0.1, -0.05) is 0 Å². The van der Waals surface area contributed by atoms with Gasteiger partial charge in [0.1, 0.15) is 5.75 Å². The quantitative estimate of drug-likeness (QED) is 0.899. The number of carbonyl (C=O) groups is 1. The summed E-state index contributed by atoms with van der Waals surface area (Å²) >= 11 is 3.35. The van der Waals surface area contributed by atoms with Gasteiger partial charge in [-0.15, -0.1) is 0 Å². The number of amides is 1. The van der Waals surface area contributed by atoms with Crippen LogP contribution in [0.3, 0.4) is 0 Å². The lowest BCUT2D eigenvalue weighted by Gasteiger charge is -2.09. The van der Waals surface area contributed by atoms with Crippen molar-refractivity contribution >= 4 is 33.3 Å². The molecule has 0 saturated carbocycles. The molecular weight excluding hydrogens is 324 g/mol. The van der Waals surface area contributed by atoms with Crippen molar-refractivity contribution in [2.24, 2.45) is 7.05 Å². The Labute approximate surface area is 125 Å². The summed E-state index contributed by atoms with van der Waals surface area (Å²) in [6, 6.07) is 5.17. The lowest BCUT2D eigenvalue weighted by Crippen LogP contribution is -2.16. The predicted octanol–water partition coefficient (Wildman–Crippen LogP) is 2.33. The monoisotopic (exact) mass is 338 g/mol. The summed E-state index contributed by atoms with van der Waals surface area (Å²) in [6.07, 6.45) is 0. The second-order valence-electron chi connectivity index (χ2n) is 4.27. The highest BCUT2D eigenvalue weighted by atomic mass is 79.9. The Bertz CT molecular complexity index is 667. The number of carbonyl (C=O) groups excluding carboxylic acids is 1. The second-order valence-corrected chi connectivity index (χ2v) is 5.13. The Morgan fingerprint density at radius 1 is 1.50 bits per heavy atom. The molecule has 0 aliphatic rings. The SMILES string of the molecule is COc1ccc(Br)c(C(=O)Nc2c(N)c(C)nn2C)c1. The number of benzene rings is 1. The normalized spacial score (nSPS) is 10.4. The first-order valence-corrected chi connectivity index (χ1v) is 6.67. The summed E-state index contributed by atoms with van der Waals surface area (Å²) in [5.74, 6) is 0.792. The minimum Gasteiger partial charge on any atom is -0.497 e. The summed E-state index contributed by atoms with van der Waals surface area (Å²) < 4.78 is 7.33. The van der Waals surface area contributed by atoms with Crippen molar-refractivity contribution in [1.29, 1.82) is 0 Å². The number of nitrogen functional groups attached to an aromatic ring is 1. The lowest BCUT2D eigenvalue weighted by molar-refractivity contribution is 0.102. The maximum atomic E-state index is 12.3. The van der Waals surface area contributed by atoms with Crippen molar-refractivity contribution in [3.8, 4) is 5.75 Å². The molecule has 6 nitrogen and oxygen atoms in total. The Kier molecular flexibility index (Phi) is 3.99. The number of hydrogen-bond acceptors (Lipinski definition) is 4. The van der Waals surface area contributed by atoms with E-state index in [4.69, 9.17) is 10.5 Å². The molecule has 0 aliphatic carbocycles. The van der Waals surface area contributed by atoms with Gasteiger partial charge in [0, 0.05) is 11.5 Å². The largest absolute Gasteiger partial charge is 0.497 e.